The van der Waals surface area contributed by atoms with Gasteiger partial charge in [-0.05, 0) is 13.8 Å². The number of nitrogens with one attached hydrogen (secondary N) is 1. The SMILES string of the molecule is COCC(C)OC(C)C(=O)NN. The van der Waals surface area contributed by atoms with Crippen molar-refractivity contribution in [1.82, 2.24) is 5.43 Å². The lowest BCUT2D eigenvalue weighted by Gasteiger charge is -2.16. The monoisotopic (exact) mass is 176 g/mol. The summed E-state index contributed by atoms with van der Waals surface area (Å²) in [6.07, 6.45) is -0.651. The van der Waals surface area contributed by atoms with Crippen LogP contribution in [0, 0.1) is 0 Å². The molecule has 0 aliphatic heterocycles. The smallest absolute Gasteiger partial charge is 0.262 e. The molecule has 0 aliphatic carbocycles. The van der Waals surface area contributed by atoms with Crippen molar-refractivity contribution in [3.05, 3.63) is 0 Å². The molecule has 0 saturated heterocycles. The van der Waals surface area contributed by atoms with Gasteiger partial charge in [0.1, 0.15) is 6.10 Å². The van der Waals surface area contributed by atoms with Crippen LogP contribution in [0.1, 0.15) is 13.8 Å². The lowest BCUT2D eigenvalue weighted by atomic mass is 10.3. The van der Waals surface area contributed by atoms with Crippen molar-refractivity contribution in [2.45, 2.75) is 26.1 Å². The van der Waals surface area contributed by atoms with E-state index in [9.17, 15) is 4.79 Å². The zero-order valence-corrected chi connectivity index (χ0v) is 7.66. The molecule has 72 valence electrons. The van der Waals surface area contributed by atoms with Crippen LogP contribution in [-0.4, -0.2) is 31.8 Å². The first kappa shape index (κ1) is 11.4. The van der Waals surface area contributed by atoms with Crippen molar-refractivity contribution in [1.29, 1.82) is 0 Å². The van der Waals surface area contributed by atoms with E-state index in [1.54, 1.807) is 14.0 Å². The lowest BCUT2D eigenvalue weighted by molar-refractivity contribution is -0.136. The number of methoxy groups -OCH3 is 1. The Balaban J connectivity index is 3.67. The molecule has 2 unspecified atom stereocenters. The first-order chi connectivity index (χ1) is 5.61. The number of carbonyl (C=O) groups excluding carboxylic acids is 1. The molecule has 5 nitrogen and oxygen atoms in total. The van der Waals surface area contributed by atoms with Crippen LogP contribution in [0.4, 0.5) is 0 Å². The fraction of sp³-hybridized carbons (Fsp3) is 0.857. The Morgan fingerprint density at radius 2 is 2.17 bits per heavy atom. The van der Waals surface area contributed by atoms with Crippen molar-refractivity contribution in [3.63, 3.8) is 0 Å². The highest BCUT2D eigenvalue weighted by Gasteiger charge is 2.14. The minimum Gasteiger partial charge on any atom is -0.382 e. The van der Waals surface area contributed by atoms with Crippen LogP contribution in [-0.2, 0) is 14.3 Å². The maximum Gasteiger partial charge on any atom is 0.262 e. The molecule has 5 heteroatoms. The van der Waals surface area contributed by atoms with Crippen LogP contribution in [0.3, 0.4) is 0 Å². The predicted octanol–water partition coefficient (Wildman–Crippen LogP) is -0.584. The van der Waals surface area contributed by atoms with Gasteiger partial charge >= 0.3 is 0 Å². The largest absolute Gasteiger partial charge is 0.382 e. The average molecular weight is 176 g/mol. The molecule has 2 atom stereocenters. The minimum absolute atomic E-state index is 0.109. The summed E-state index contributed by atoms with van der Waals surface area (Å²) in [7, 11) is 1.58. The van der Waals surface area contributed by atoms with Gasteiger partial charge in [-0.1, -0.05) is 0 Å². The zero-order valence-electron chi connectivity index (χ0n) is 7.66. The summed E-state index contributed by atoms with van der Waals surface area (Å²) < 4.78 is 10.1. The molecule has 0 saturated carbocycles. The number of hydrogen-bond donors (Lipinski definition) is 2. The summed E-state index contributed by atoms with van der Waals surface area (Å²) in [6.45, 7) is 3.92. The second kappa shape index (κ2) is 5.93. The van der Waals surface area contributed by atoms with Gasteiger partial charge < -0.3 is 9.47 Å². The molecule has 12 heavy (non-hydrogen) atoms. The highest BCUT2D eigenvalue weighted by atomic mass is 16.5. The molecule has 0 aromatic carbocycles. The van der Waals surface area contributed by atoms with E-state index < -0.39 is 6.10 Å². The van der Waals surface area contributed by atoms with Crippen LogP contribution >= 0.6 is 0 Å². The van der Waals surface area contributed by atoms with Gasteiger partial charge in [-0.3, -0.25) is 10.2 Å². The van der Waals surface area contributed by atoms with E-state index in [4.69, 9.17) is 15.3 Å². The summed E-state index contributed by atoms with van der Waals surface area (Å²) in [5, 5.41) is 0. The van der Waals surface area contributed by atoms with Crippen molar-refractivity contribution in [3.8, 4) is 0 Å². The number of carbonyl (C=O) groups is 1. The van der Waals surface area contributed by atoms with Crippen LogP contribution in [0.2, 0.25) is 0 Å². The molecular formula is C7H16N2O3. The molecule has 0 spiro atoms. The maximum atomic E-state index is 10.8. The third kappa shape index (κ3) is 4.27. The molecule has 0 fully saturated rings. The van der Waals surface area contributed by atoms with Crippen molar-refractivity contribution in [2.24, 2.45) is 5.84 Å². The predicted molar refractivity (Wildman–Crippen MR) is 44.2 cm³/mol. The van der Waals surface area contributed by atoms with E-state index in [-0.39, 0.29) is 12.0 Å². The second-order valence-corrected chi connectivity index (χ2v) is 2.55. The van der Waals surface area contributed by atoms with Gasteiger partial charge in [-0.15, -0.1) is 0 Å². The third-order valence-electron chi connectivity index (χ3n) is 1.35. The lowest BCUT2D eigenvalue weighted by Crippen LogP contribution is -2.40. The second-order valence-electron chi connectivity index (χ2n) is 2.55. The Bertz CT molecular complexity index is 141. The number of hydrogen-bond acceptors (Lipinski definition) is 4. The summed E-state index contributed by atoms with van der Waals surface area (Å²) in [5.74, 6) is 4.58. The van der Waals surface area contributed by atoms with Gasteiger partial charge in [0.2, 0.25) is 0 Å². The van der Waals surface area contributed by atoms with E-state index in [2.05, 4.69) is 0 Å². The van der Waals surface area contributed by atoms with Gasteiger partial charge in [-0.2, -0.15) is 0 Å². The van der Waals surface area contributed by atoms with Crippen molar-refractivity contribution >= 4 is 5.91 Å². The van der Waals surface area contributed by atoms with Crippen LogP contribution in [0.15, 0.2) is 0 Å². The Morgan fingerprint density at radius 3 is 2.58 bits per heavy atom. The molecule has 0 heterocycles. The number of amides is 1. The molecule has 1 amide bonds. The van der Waals surface area contributed by atoms with Crippen molar-refractivity contribution < 1.29 is 14.3 Å². The summed E-state index contributed by atoms with van der Waals surface area (Å²) in [6, 6.07) is 0. The first-order valence-corrected chi connectivity index (χ1v) is 3.76. The molecule has 3 N–H and O–H groups in total. The highest BCUT2D eigenvalue weighted by Crippen LogP contribution is 1.97. The summed E-state index contributed by atoms with van der Waals surface area (Å²) in [5.41, 5.74) is 2.01. The van der Waals surface area contributed by atoms with Gasteiger partial charge in [0.25, 0.3) is 5.91 Å². The molecular weight excluding hydrogens is 160 g/mol. The summed E-state index contributed by atoms with van der Waals surface area (Å²) >= 11 is 0. The van der Waals surface area contributed by atoms with Crippen LogP contribution in [0.25, 0.3) is 0 Å². The van der Waals surface area contributed by atoms with E-state index in [1.807, 2.05) is 12.3 Å². The molecule has 0 radical (unpaired) electrons. The Morgan fingerprint density at radius 1 is 1.58 bits per heavy atom. The average Bonchev–Trinajstić information content (AvgIpc) is 2.03. The molecule has 0 aromatic rings. The third-order valence-corrected chi connectivity index (χ3v) is 1.35. The van der Waals surface area contributed by atoms with E-state index in [0.717, 1.165) is 0 Å². The maximum absolute atomic E-state index is 10.8. The van der Waals surface area contributed by atoms with Gasteiger partial charge in [0, 0.05) is 7.11 Å². The van der Waals surface area contributed by atoms with Gasteiger partial charge in [0.05, 0.1) is 12.7 Å². The number of nitrogens with two attached hydrogens (primary N) is 1. The number of rotatable bonds is 5. The zero-order chi connectivity index (χ0) is 9.56. The van der Waals surface area contributed by atoms with Gasteiger partial charge in [0.15, 0.2) is 0 Å². The van der Waals surface area contributed by atoms with Gasteiger partial charge in [-0.25, -0.2) is 5.84 Å². The number of ether oxygens (including phenoxy) is 2. The van der Waals surface area contributed by atoms with E-state index in [1.165, 1.54) is 0 Å². The van der Waals surface area contributed by atoms with Crippen LogP contribution < -0.4 is 11.3 Å². The molecule has 0 aromatic heterocycles. The Kier molecular flexibility index (Phi) is 5.61. The standard InChI is InChI=1S/C7H16N2O3/c1-5(4-11-3)12-6(2)7(10)9-8/h5-6H,4,8H2,1-3H3,(H,9,10). The van der Waals surface area contributed by atoms with Crippen molar-refractivity contribution in [2.75, 3.05) is 13.7 Å². The Labute approximate surface area is 72.2 Å². The normalized spacial score (nSPS) is 15.3. The number of hydrazine groups is 1. The quantitative estimate of drug-likeness (QED) is 0.334. The fourth-order valence-electron chi connectivity index (χ4n) is 0.802. The van der Waals surface area contributed by atoms with Crippen LogP contribution in [0.5, 0.6) is 0 Å². The Hall–Kier alpha value is -0.650. The highest BCUT2D eigenvalue weighted by molar-refractivity contribution is 5.79. The first-order valence-electron chi connectivity index (χ1n) is 3.76. The topological polar surface area (TPSA) is 73.6 Å². The minimum atomic E-state index is -0.542. The molecule has 0 aliphatic rings. The van der Waals surface area contributed by atoms with E-state index >= 15 is 0 Å². The fourth-order valence-corrected chi connectivity index (χ4v) is 0.802. The molecule has 0 rings (SSSR count). The molecule has 0 bridgehead atoms. The van der Waals surface area contributed by atoms with E-state index in [0.29, 0.717) is 6.61 Å². The summed E-state index contributed by atoms with van der Waals surface area (Å²) in [4.78, 5) is 10.8.